The van der Waals surface area contributed by atoms with Gasteiger partial charge in [0.1, 0.15) is 5.69 Å². The summed E-state index contributed by atoms with van der Waals surface area (Å²) in [6.45, 7) is 0.493. The standard InChI is InChI=1S/C14H20BrN3O.2ClH/c15-11-6-7-12(17-9-11)14(19)18-13(8-16)10-4-2-1-3-5-10;;/h6-7,9-10,13H,1-5,8,16H2,(H,18,19);2*1H. The Hall–Kier alpha value is -0.360. The van der Waals surface area contributed by atoms with Crippen LogP contribution in [0.3, 0.4) is 0 Å². The van der Waals surface area contributed by atoms with Crippen molar-refractivity contribution in [2.75, 3.05) is 6.54 Å². The minimum absolute atomic E-state index is 0. The number of carbonyl (C=O) groups excluding carboxylic acids is 1. The second-order valence-corrected chi connectivity index (χ2v) is 5.99. The summed E-state index contributed by atoms with van der Waals surface area (Å²) in [6, 6.07) is 3.60. The molecule has 1 amide bonds. The number of aromatic nitrogens is 1. The fourth-order valence-electron chi connectivity index (χ4n) is 2.66. The second-order valence-electron chi connectivity index (χ2n) is 5.08. The zero-order chi connectivity index (χ0) is 13.7. The Morgan fingerprint density at radius 2 is 2.00 bits per heavy atom. The van der Waals surface area contributed by atoms with Crippen LogP contribution < -0.4 is 11.1 Å². The highest BCUT2D eigenvalue weighted by molar-refractivity contribution is 9.10. The number of pyridine rings is 1. The number of rotatable bonds is 4. The molecule has 0 spiro atoms. The van der Waals surface area contributed by atoms with Crippen LogP contribution in [0.25, 0.3) is 0 Å². The molecule has 1 aliphatic carbocycles. The van der Waals surface area contributed by atoms with Gasteiger partial charge >= 0.3 is 0 Å². The normalized spacial score (nSPS) is 16.3. The average molecular weight is 399 g/mol. The molecule has 1 heterocycles. The first-order chi connectivity index (χ1) is 9.20. The van der Waals surface area contributed by atoms with Gasteiger partial charge in [-0.1, -0.05) is 19.3 Å². The highest BCUT2D eigenvalue weighted by Gasteiger charge is 2.24. The Morgan fingerprint density at radius 3 is 2.52 bits per heavy atom. The van der Waals surface area contributed by atoms with E-state index in [-0.39, 0.29) is 36.8 Å². The summed E-state index contributed by atoms with van der Waals surface area (Å²) >= 11 is 3.31. The van der Waals surface area contributed by atoms with Crippen LogP contribution in [0.1, 0.15) is 42.6 Å². The van der Waals surface area contributed by atoms with Crippen LogP contribution in [-0.2, 0) is 0 Å². The average Bonchev–Trinajstić information content (AvgIpc) is 2.46. The highest BCUT2D eigenvalue weighted by atomic mass is 79.9. The molecule has 1 fully saturated rings. The van der Waals surface area contributed by atoms with Crippen LogP contribution in [0.4, 0.5) is 0 Å². The van der Waals surface area contributed by atoms with Crippen molar-refractivity contribution >= 4 is 46.7 Å². The molecule has 2 rings (SSSR count). The van der Waals surface area contributed by atoms with Gasteiger partial charge < -0.3 is 11.1 Å². The van der Waals surface area contributed by atoms with Gasteiger partial charge in [-0.3, -0.25) is 4.79 Å². The van der Waals surface area contributed by atoms with Crippen LogP contribution in [0.5, 0.6) is 0 Å². The first-order valence-electron chi connectivity index (χ1n) is 6.83. The number of nitrogens with two attached hydrogens (primary N) is 1. The van der Waals surface area contributed by atoms with Crippen molar-refractivity contribution in [2.45, 2.75) is 38.1 Å². The van der Waals surface area contributed by atoms with Crippen LogP contribution in [0.2, 0.25) is 0 Å². The maximum atomic E-state index is 12.1. The molecule has 1 aromatic rings. The molecule has 1 aliphatic rings. The molecule has 7 heteroatoms. The van der Waals surface area contributed by atoms with E-state index < -0.39 is 0 Å². The lowest BCUT2D eigenvalue weighted by atomic mass is 9.84. The Morgan fingerprint density at radius 1 is 1.33 bits per heavy atom. The Balaban J connectivity index is 0.00000200. The summed E-state index contributed by atoms with van der Waals surface area (Å²) in [5.74, 6) is 0.381. The summed E-state index contributed by atoms with van der Waals surface area (Å²) < 4.78 is 0.867. The quantitative estimate of drug-likeness (QED) is 0.817. The van der Waals surface area contributed by atoms with Crippen molar-refractivity contribution in [3.05, 3.63) is 28.5 Å². The monoisotopic (exact) mass is 397 g/mol. The molecule has 21 heavy (non-hydrogen) atoms. The van der Waals surface area contributed by atoms with E-state index in [1.54, 1.807) is 12.3 Å². The zero-order valence-corrected chi connectivity index (χ0v) is 15.0. The lowest BCUT2D eigenvalue weighted by molar-refractivity contribution is 0.0910. The molecule has 0 aliphatic heterocycles. The Kier molecular flexibility index (Phi) is 10.2. The van der Waals surface area contributed by atoms with Gasteiger partial charge in [-0.05, 0) is 46.8 Å². The first-order valence-corrected chi connectivity index (χ1v) is 7.62. The summed E-state index contributed by atoms with van der Waals surface area (Å²) in [5, 5.41) is 3.03. The van der Waals surface area contributed by atoms with Gasteiger partial charge in [0.05, 0.1) is 0 Å². The molecule has 1 aromatic heterocycles. The van der Waals surface area contributed by atoms with E-state index in [0.717, 1.165) is 17.3 Å². The van der Waals surface area contributed by atoms with Gasteiger partial charge in [-0.25, -0.2) is 4.98 Å². The van der Waals surface area contributed by atoms with E-state index in [4.69, 9.17) is 5.73 Å². The molecule has 3 N–H and O–H groups in total. The third kappa shape index (κ3) is 6.10. The predicted molar refractivity (Wildman–Crippen MR) is 93.3 cm³/mol. The molecule has 0 bridgehead atoms. The van der Waals surface area contributed by atoms with Gasteiger partial charge in [-0.2, -0.15) is 0 Å². The van der Waals surface area contributed by atoms with Gasteiger partial charge in [-0.15, -0.1) is 24.8 Å². The zero-order valence-electron chi connectivity index (χ0n) is 11.8. The number of hydrogen-bond donors (Lipinski definition) is 2. The van der Waals surface area contributed by atoms with Gasteiger partial charge in [0.25, 0.3) is 5.91 Å². The van der Waals surface area contributed by atoms with Crippen molar-refractivity contribution in [2.24, 2.45) is 11.7 Å². The van der Waals surface area contributed by atoms with Crippen molar-refractivity contribution in [1.29, 1.82) is 0 Å². The Labute approximate surface area is 146 Å². The number of nitrogens with one attached hydrogen (secondary N) is 1. The van der Waals surface area contributed by atoms with Crippen molar-refractivity contribution in [3.63, 3.8) is 0 Å². The minimum atomic E-state index is -0.131. The second kappa shape index (κ2) is 10.4. The van der Waals surface area contributed by atoms with Gasteiger partial charge in [0.15, 0.2) is 0 Å². The van der Waals surface area contributed by atoms with Gasteiger partial charge in [0.2, 0.25) is 0 Å². The van der Waals surface area contributed by atoms with Crippen molar-refractivity contribution in [3.8, 4) is 0 Å². The molecule has 4 nitrogen and oxygen atoms in total. The van der Waals surface area contributed by atoms with Crippen LogP contribution in [0, 0.1) is 5.92 Å². The number of carbonyl (C=O) groups is 1. The molecular weight excluding hydrogens is 377 g/mol. The summed E-state index contributed by atoms with van der Waals surface area (Å²) in [4.78, 5) is 16.2. The lowest BCUT2D eigenvalue weighted by Gasteiger charge is -2.29. The van der Waals surface area contributed by atoms with E-state index in [0.29, 0.717) is 18.2 Å². The predicted octanol–water partition coefficient (Wildman–Crippen LogP) is 3.33. The number of nitrogens with zero attached hydrogens (tertiary/aromatic N) is 1. The van der Waals surface area contributed by atoms with Crippen LogP contribution in [0.15, 0.2) is 22.8 Å². The molecule has 1 atom stereocenters. The summed E-state index contributed by atoms with van der Waals surface area (Å²) in [6.07, 6.45) is 7.75. The number of hydrogen-bond acceptors (Lipinski definition) is 3. The highest BCUT2D eigenvalue weighted by Crippen LogP contribution is 2.26. The van der Waals surface area contributed by atoms with Crippen molar-refractivity contribution < 1.29 is 4.79 Å². The molecule has 1 saturated carbocycles. The lowest BCUT2D eigenvalue weighted by Crippen LogP contribution is -2.46. The van der Waals surface area contributed by atoms with E-state index in [1.165, 1.54) is 19.3 Å². The van der Waals surface area contributed by atoms with E-state index >= 15 is 0 Å². The van der Waals surface area contributed by atoms with E-state index in [9.17, 15) is 4.79 Å². The van der Waals surface area contributed by atoms with Crippen LogP contribution >= 0.6 is 40.7 Å². The van der Waals surface area contributed by atoms with E-state index in [2.05, 4.69) is 26.2 Å². The molecular formula is C14H22BrCl2N3O. The third-order valence-electron chi connectivity index (χ3n) is 3.75. The first kappa shape index (κ1) is 20.6. The topological polar surface area (TPSA) is 68.0 Å². The number of amides is 1. The molecule has 0 aromatic carbocycles. The SMILES string of the molecule is Cl.Cl.NCC(NC(=O)c1ccc(Br)cn1)C1CCCCC1. The van der Waals surface area contributed by atoms with E-state index in [1.807, 2.05) is 6.07 Å². The maximum Gasteiger partial charge on any atom is 0.270 e. The Bertz CT molecular complexity index is 425. The maximum absolute atomic E-state index is 12.1. The summed E-state index contributed by atoms with van der Waals surface area (Å²) in [5.41, 5.74) is 6.25. The van der Waals surface area contributed by atoms with Gasteiger partial charge in [0, 0.05) is 23.3 Å². The fourth-order valence-corrected chi connectivity index (χ4v) is 2.89. The third-order valence-corrected chi connectivity index (χ3v) is 4.22. The molecule has 1 unspecified atom stereocenters. The fraction of sp³-hybridized carbons (Fsp3) is 0.571. The molecule has 0 saturated heterocycles. The molecule has 0 radical (unpaired) electrons. The largest absolute Gasteiger partial charge is 0.346 e. The molecule has 120 valence electrons. The minimum Gasteiger partial charge on any atom is -0.346 e. The number of halogens is 3. The van der Waals surface area contributed by atoms with Crippen LogP contribution in [-0.4, -0.2) is 23.5 Å². The summed E-state index contributed by atoms with van der Waals surface area (Å²) in [7, 11) is 0. The van der Waals surface area contributed by atoms with Crippen molar-refractivity contribution in [1.82, 2.24) is 10.3 Å². The smallest absolute Gasteiger partial charge is 0.270 e.